The van der Waals surface area contributed by atoms with Crippen LogP contribution in [-0.2, 0) is 9.59 Å². The lowest BCUT2D eigenvalue weighted by Crippen LogP contribution is -2.54. The molecule has 0 radical (unpaired) electrons. The second kappa shape index (κ2) is 10.2. The number of pyridine rings is 1. The van der Waals surface area contributed by atoms with Crippen molar-refractivity contribution in [3.8, 4) is 11.1 Å². The Morgan fingerprint density at radius 1 is 1.20 bits per heavy atom. The van der Waals surface area contributed by atoms with E-state index in [-0.39, 0.29) is 22.9 Å². The van der Waals surface area contributed by atoms with E-state index >= 15 is 0 Å². The van der Waals surface area contributed by atoms with Crippen molar-refractivity contribution in [3.05, 3.63) is 88.2 Å². The maximum Gasteiger partial charge on any atom is 0.342 e. The first kappa shape index (κ1) is 27.4. The van der Waals surface area contributed by atoms with Crippen LogP contribution in [0.4, 0.5) is 0 Å². The lowest BCUT2D eigenvalue weighted by Gasteiger charge is -2.41. The standard InChI is InChI=1S/C32H35IN4O3/c1-19(2)10-27-32(40)37(18-29(37)26-12-22-8-9-35(33)16-25(22)17-36(26)27)28(13-30(38)39)23-11-24(15-34-14-23)31-20(3)6-5-7-21(31)4/h5-7,11-12,14-15,17,19,27-28H,8-10,13,16,18H2,1-4H3/p+1/t27-,28-,37?/m0/s1. The number of aromatic nitrogens is 1. The molecule has 7 nitrogen and oxygen atoms in total. The minimum absolute atomic E-state index is 0.0960. The Kier molecular flexibility index (Phi) is 6.99. The molecular formula is C32H36IN4O3+. The van der Waals surface area contributed by atoms with E-state index in [0.717, 1.165) is 65.1 Å². The summed E-state index contributed by atoms with van der Waals surface area (Å²) in [5.74, 6) is -0.479. The van der Waals surface area contributed by atoms with Gasteiger partial charge in [0.2, 0.25) is 0 Å². The zero-order valence-electron chi connectivity index (χ0n) is 23.5. The number of piperidine rings is 1. The van der Waals surface area contributed by atoms with Crippen LogP contribution in [0.3, 0.4) is 0 Å². The van der Waals surface area contributed by atoms with Crippen molar-refractivity contribution in [1.82, 2.24) is 13.0 Å². The molecule has 0 bridgehead atoms. The molecule has 8 heteroatoms. The fraction of sp³-hybridized carbons (Fsp3) is 0.406. The van der Waals surface area contributed by atoms with Gasteiger partial charge in [0, 0.05) is 65.7 Å². The summed E-state index contributed by atoms with van der Waals surface area (Å²) in [5, 5.41) is 10.1. The molecule has 0 aliphatic carbocycles. The highest BCUT2D eigenvalue weighted by atomic mass is 127. The largest absolute Gasteiger partial charge is 0.481 e. The van der Waals surface area contributed by atoms with Crippen molar-refractivity contribution in [1.29, 1.82) is 0 Å². The van der Waals surface area contributed by atoms with Gasteiger partial charge < -0.3 is 10.0 Å². The fourth-order valence-electron chi connectivity index (χ4n) is 6.96. The Hall–Kier alpha value is -2.82. The van der Waals surface area contributed by atoms with Gasteiger partial charge in [-0.15, -0.1) is 0 Å². The predicted molar refractivity (Wildman–Crippen MR) is 163 cm³/mol. The summed E-state index contributed by atoms with van der Waals surface area (Å²) in [6.07, 6.45) is 9.67. The number of hydrogen-bond acceptors (Lipinski definition) is 5. The molecule has 40 heavy (non-hydrogen) atoms. The van der Waals surface area contributed by atoms with E-state index in [1.807, 2.05) is 12.3 Å². The summed E-state index contributed by atoms with van der Waals surface area (Å²) in [4.78, 5) is 33.7. The molecule has 1 aromatic heterocycles. The van der Waals surface area contributed by atoms with E-state index in [4.69, 9.17) is 0 Å². The highest BCUT2D eigenvalue weighted by Crippen LogP contribution is 2.56. The van der Waals surface area contributed by atoms with Gasteiger partial charge in [0.25, 0.3) is 0 Å². The van der Waals surface area contributed by atoms with Crippen molar-refractivity contribution < 1.29 is 19.2 Å². The maximum atomic E-state index is 14.6. The zero-order valence-corrected chi connectivity index (χ0v) is 25.7. The van der Waals surface area contributed by atoms with Crippen LogP contribution in [0.2, 0.25) is 0 Å². The van der Waals surface area contributed by atoms with Gasteiger partial charge in [-0.3, -0.25) is 9.78 Å². The van der Waals surface area contributed by atoms with Crippen molar-refractivity contribution >= 4 is 34.7 Å². The van der Waals surface area contributed by atoms with Crippen LogP contribution < -0.4 is 0 Å². The van der Waals surface area contributed by atoms with Crippen LogP contribution in [0.15, 0.2) is 71.5 Å². The molecule has 3 atom stereocenters. The van der Waals surface area contributed by atoms with Gasteiger partial charge in [-0.05, 0) is 72.6 Å². The number of hydrogen-bond donors (Lipinski definition) is 1. The highest BCUT2D eigenvalue weighted by Gasteiger charge is 2.69. The first-order chi connectivity index (χ1) is 19.1. The maximum absolute atomic E-state index is 14.6. The Morgan fingerprint density at radius 2 is 1.95 bits per heavy atom. The first-order valence-corrected chi connectivity index (χ1v) is 15.1. The summed E-state index contributed by atoms with van der Waals surface area (Å²) in [5.41, 5.74) is 9.91. The van der Waals surface area contributed by atoms with Crippen LogP contribution in [0.1, 0.15) is 55.8 Å². The van der Waals surface area contributed by atoms with Gasteiger partial charge in [0.05, 0.1) is 0 Å². The van der Waals surface area contributed by atoms with Gasteiger partial charge in [0.15, 0.2) is 12.2 Å². The van der Waals surface area contributed by atoms with Gasteiger partial charge >= 0.3 is 11.9 Å². The summed E-state index contributed by atoms with van der Waals surface area (Å²) >= 11 is 2.38. The molecule has 2 aromatic rings. The average Bonchev–Trinajstić information content (AvgIpc) is 3.66. The number of carbonyl (C=O) groups excluding carboxylic acids is 1. The molecule has 0 spiro atoms. The van der Waals surface area contributed by atoms with E-state index < -0.39 is 12.0 Å². The Labute approximate surface area is 250 Å². The van der Waals surface area contributed by atoms with Crippen LogP contribution in [-0.4, -0.2) is 60.1 Å². The predicted octanol–water partition coefficient (Wildman–Crippen LogP) is 6.06. The third kappa shape index (κ3) is 4.54. The van der Waals surface area contributed by atoms with E-state index in [0.29, 0.717) is 12.5 Å². The van der Waals surface area contributed by atoms with Gasteiger partial charge in [0.1, 0.15) is 24.2 Å². The number of nitrogens with zero attached hydrogens (tertiary/aromatic N) is 4. The normalized spacial score (nSPS) is 24.7. The number of benzene rings is 1. The number of aliphatic carboxylic acids is 1. The molecule has 1 N–H and O–H groups in total. The minimum atomic E-state index is -0.902. The van der Waals surface area contributed by atoms with Crippen LogP contribution >= 0.6 is 22.9 Å². The topological polar surface area (TPSA) is 73.7 Å². The smallest absolute Gasteiger partial charge is 0.342 e. The summed E-state index contributed by atoms with van der Waals surface area (Å²) < 4.78 is 2.39. The molecule has 0 saturated carbocycles. The molecular weight excluding hydrogens is 615 g/mol. The fourth-order valence-corrected chi connectivity index (χ4v) is 7.57. The third-order valence-electron chi connectivity index (χ3n) is 8.86. The summed E-state index contributed by atoms with van der Waals surface area (Å²) in [7, 11) is 0. The molecule has 4 aliphatic rings. The Bertz CT molecular complexity index is 1490. The number of carboxylic acid groups (broad SMARTS) is 1. The number of aryl methyl sites for hydroxylation is 2. The van der Waals surface area contributed by atoms with Gasteiger partial charge in [-0.1, -0.05) is 32.0 Å². The second-order valence-corrected chi connectivity index (χ2v) is 13.4. The van der Waals surface area contributed by atoms with Crippen LogP contribution in [0.25, 0.3) is 11.1 Å². The molecule has 6 rings (SSSR count). The monoisotopic (exact) mass is 651 g/mol. The lowest BCUT2D eigenvalue weighted by atomic mass is 9.90. The molecule has 1 unspecified atom stereocenters. The van der Waals surface area contributed by atoms with E-state index in [9.17, 15) is 14.7 Å². The first-order valence-electron chi connectivity index (χ1n) is 14.1. The molecule has 1 amide bonds. The number of carbonyl (C=O) groups is 2. The number of carboxylic acids is 1. The third-order valence-corrected chi connectivity index (χ3v) is 9.68. The number of halogens is 1. The van der Waals surface area contributed by atoms with Crippen molar-refractivity contribution in [3.63, 3.8) is 0 Å². The summed E-state index contributed by atoms with van der Waals surface area (Å²) in [6, 6.07) is 7.41. The van der Waals surface area contributed by atoms with Crippen LogP contribution in [0, 0.1) is 19.8 Å². The quantitative estimate of drug-likeness (QED) is 0.170. The molecule has 208 valence electrons. The second-order valence-electron chi connectivity index (χ2n) is 12.1. The Balaban J connectivity index is 1.48. The van der Waals surface area contributed by atoms with E-state index in [1.54, 1.807) is 6.20 Å². The molecule has 4 aliphatic heterocycles. The van der Waals surface area contributed by atoms with E-state index in [2.05, 4.69) is 94.0 Å². The van der Waals surface area contributed by atoms with Crippen molar-refractivity contribution in [2.45, 2.75) is 59.0 Å². The Morgan fingerprint density at radius 3 is 2.65 bits per heavy atom. The van der Waals surface area contributed by atoms with Gasteiger partial charge in [-0.25, -0.2) is 12.4 Å². The number of allylic oxidation sites excluding steroid dienone is 1. The molecule has 2 saturated heterocycles. The average molecular weight is 652 g/mol. The van der Waals surface area contributed by atoms with Crippen molar-refractivity contribution in [2.24, 2.45) is 5.92 Å². The van der Waals surface area contributed by atoms with E-state index in [1.165, 1.54) is 11.1 Å². The molecule has 5 heterocycles. The van der Waals surface area contributed by atoms with Crippen LogP contribution in [0.5, 0.6) is 0 Å². The lowest BCUT2D eigenvalue weighted by molar-refractivity contribution is -0.740. The minimum Gasteiger partial charge on any atom is -0.481 e. The molecule has 1 aromatic carbocycles. The van der Waals surface area contributed by atoms with Crippen molar-refractivity contribution in [2.75, 3.05) is 19.6 Å². The molecule has 2 fully saturated rings. The van der Waals surface area contributed by atoms with Gasteiger partial charge in [-0.2, -0.15) is 0 Å². The zero-order chi connectivity index (χ0) is 28.3. The number of rotatable bonds is 7. The summed E-state index contributed by atoms with van der Waals surface area (Å²) in [6.45, 7) is 10.9. The highest BCUT2D eigenvalue weighted by molar-refractivity contribution is 14.1. The number of fused-ring (bicyclic) bond motifs is 3. The number of quaternary nitrogens is 1. The SMILES string of the molecule is Cc1cccc(C)c1-c1cncc([C@H](CC(=O)O)[N+]23CC2=C2C=C4CCN(I)CC4=CN2[C@@H](CC(C)C)C3=O)c1. The number of amides is 1.